The molecule has 0 radical (unpaired) electrons. The molecule has 0 bridgehead atoms. The number of thiophene rings is 1. The molecule has 2 nitrogen and oxygen atoms in total. The molecular formula is C12H12ClFN2S. The zero-order chi connectivity index (χ0) is 12.4. The standard InChI is InChI=1S/C12H12ClFN2S/c1-7-5-6-17-12(7)11(16-15)8-3-2-4-9(13)10(8)14/h2-6,11,16H,15H2,1H3. The van der Waals surface area contributed by atoms with Crippen molar-refractivity contribution < 1.29 is 4.39 Å². The molecule has 0 fully saturated rings. The fourth-order valence-electron chi connectivity index (χ4n) is 1.73. The van der Waals surface area contributed by atoms with Crippen molar-refractivity contribution in [3.63, 3.8) is 0 Å². The zero-order valence-electron chi connectivity index (χ0n) is 9.21. The molecule has 0 spiro atoms. The fraction of sp³-hybridized carbons (Fsp3) is 0.167. The number of hydrogen-bond acceptors (Lipinski definition) is 3. The molecular weight excluding hydrogens is 259 g/mol. The molecule has 1 atom stereocenters. The van der Waals surface area contributed by atoms with Crippen LogP contribution in [0, 0.1) is 12.7 Å². The minimum atomic E-state index is -0.426. The molecule has 3 N–H and O–H groups in total. The lowest BCUT2D eigenvalue weighted by Gasteiger charge is -2.17. The molecule has 0 aliphatic rings. The number of hydrogen-bond donors (Lipinski definition) is 2. The highest BCUT2D eigenvalue weighted by Gasteiger charge is 2.20. The molecule has 17 heavy (non-hydrogen) atoms. The van der Waals surface area contributed by atoms with Crippen LogP contribution in [-0.2, 0) is 0 Å². The van der Waals surface area contributed by atoms with E-state index < -0.39 is 5.82 Å². The summed E-state index contributed by atoms with van der Waals surface area (Å²) in [6.07, 6.45) is 0. The fourth-order valence-corrected chi connectivity index (χ4v) is 2.92. The first-order valence-corrected chi connectivity index (χ1v) is 6.35. The molecule has 0 saturated carbocycles. The van der Waals surface area contributed by atoms with Gasteiger partial charge in [0, 0.05) is 10.4 Å². The summed E-state index contributed by atoms with van der Waals surface area (Å²) in [6, 6.07) is 6.54. The Morgan fingerprint density at radius 3 is 2.76 bits per heavy atom. The van der Waals surface area contributed by atoms with Crippen LogP contribution >= 0.6 is 22.9 Å². The predicted molar refractivity (Wildman–Crippen MR) is 69.6 cm³/mol. The molecule has 0 amide bonds. The summed E-state index contributed by atoms with van der Waals surface area (Å²) in [4.78, 5) is 0.994. The zero-order valence-corrected chi connectivity index (χ0v) is 10.8. The van der Waals surface area contributed by atoms with Gasteiger partial charge in [-0.1, -0.05) is 23.7 Å². The predicted octanol–water partition coefficient (Wildman–Crippen LogP) is 3.40. The lowest BCUT2D eigenvalue weighted by atomic mass is 10.0. The molecule has 2 aromatic rings. The van der Waals surface area contributed by atoms with E-state index in [9.17, 15) is 4.39 Å². The smallest absolute Gasteiger partial charge is 0.146 e. The first-order chi connectivity index (χ1) is 8.15. The van der Waals surface area contributed by atoms with Crippen LogP contribution in [0.2, 0.25) is 5.02 Å². The average Bonchev–Trinajstić information content (AvgIpc) is 2.72. The summed E-state index contributed by atoms with van der Waals surface area (Å²) in [5.74, 6) is 5.10. The summed E-state index contributed by atoms with van der Waals surface area (Å²) in [5, 5.41) is 2.06. The lowest BCUT2D eigenvalue weighted by molar-refractivity contribution is 0.563. The van der Waals surface area contributed by atoms with Gasteiger partial charge in [-0.2, -0.15) is 0 Å². The van der Waals surface area contributed by atoms with Crippen molar-refractivity contribution in [2.75, 3.05) is 0 Å². The van der Waals surface area contributed by atoms with Gasteiger partial charge in [0.15, 0.2) is 0 Å². The van der Waals surface area contributed by atoms with E-state index in [1.165, 1.54) is 17.4 Å². The summed E-state index contributed by atoms with van der Waals surface area (Å²) < 4.78 is 13.9. The van der Waals surface area contributed by atoms with Gasteiger partial charge >= 0.3 is 0 Å². The molecule has 1 aromatic heterocycles. The SMILES string of the molecule is Cc1ccsc1C(NN)c1cccc(Cl)c1F. The number of nitrogens with two attached hydrogens (primary N) is 1. The normalized spacial score (nSPS) is 12.7. The average molecular weight is 271 g/mol. The molecule has 1 unspecified atom stereocenters. The highest BCUT2D eigenvalue weighted by Crippen LogP contribution is 2.32. The van der Waals surface area contributed by atoms with E-state index in [2.05, 4.69) is 5.43 Å². The highest BCUT2D eigenvalue weighted by molar-refractivity contribution is 7.10. The summed E-state index contributed by atoms with van der Waals surface area (Å²) in [6.45, 7) is 1.97. The van der Waals surface area contributed by atoms with E-state index in [4.69, 9.17) is 17.4 Å². The van der Waals surface area contributed by atoms with Gasteiger partial charge in [0.05, 0.1) is 11.1 Å². The van der Waals surface area contributed by atoms with Gasteiger partial charge in [0.1, 0.15) is 5.82 Å². The largest absolute Gasteiger partial charge is 0.271 e. The number of halogens is 2. The first kappa shape index (κ1) is 12.5. The van der Waals surface area contributed by atoms with Crippen molar-refractivity contribution in [3.05, 3.63) is 56.5 Å². The van der Waals surface area contributed by atoms with Crippen molar-refractivity contribution in [2.24, 2.45) is 5.84 Å². The summed E-state index contributed by atoms with van der Waals surface area (Å²) in [5.41, 5.74) is 4.19. The van der Waals surface area contributed by atoms with E-state index in [1.54, 1.807) is 12.1 Å². The highest BCUT2D eigenvalue weighted by atomic mass is 35.5. The van der Waals surface area contributed by atoms with Gasteiger partial charge in [0.25, 0.3) is 0 Å². The second kappa shape index (κ2) is 5.14. The van der Waals surface area contributed by atoms with Gasteiger partial charge < -0.3 is 0 Å². The molecule has 0 saturated heterocycles. The summed E-state index contributed by atoms with van der Waals surface area (Å²) >= 11 is 7.32. The maximum atomic E-state index is 13.9. The van der Waals surface area contributed by atoms with Crippen LogP contribution in [0.15, 0.2) is 29.6 Å². The third kappa shape index (κ3) is 2.35. The Morgan fingerprint density at radius 1 is 1.41 bits per heavy atom. The van der Waals surface area contributed by atoms with Crippen molar-refractivity contribution >= 4 is 22.9 Å². The lowest BCUT2D eigenvalue weighted by Crippen LogP contribution is -2.29. The monoisotopic (exact) mass is 270 g/mol. The van der Waals surface area contributed by atoms with Gasteiger partial charge in [0.2, 0.25) is 0 Å². The van der Waals surface area contributed by atoms with E-state index in [1.807, 2.05) is 18.4 Å². The minimum Gasteiger partial charge on any atom is -0.271 e. The van der Waals surface area contributed by atoms with Crippen molar-refractivity contribution in [1.29, 1.82) is 0 Å². The van der Waals surface area contributed by atoms with Gasteiger partial charge in [-0.05, 0) is 30.0 Å². The van der Waals surface area contributed by atoms with E-state index in [-0.39, 0.29) is 11.1 Å². The third-order valence-corrected chi connectivity index (χ3v) is 4.00. The second-order valence-corrected chi connectivity index (χ2v) is 5.07. The van der Waals surface area contributed by atoms with E-state index in [0.29, 0.717) is 5.56 Å². The van der Waals surface area contributed by atoms with Crippen LogP contribution in [-0.4, -0.2) is 0 Å². The van der Waals surface area contributed by atoms with E-state index in [0.717, 1.165) is 10.4 Å². The number of hydrazine groups is 1. The topological polar surface area (TPSA) is 38.0 Å². The van der Waals surface area contributed by atoms with Gasteiger partial charge in [-0.15, -0.1) is 11.3 Å². The first-order valence-electron chi connectivity index (χ1n) is 5.09. The van der Waals surface area contributed by atoms with Gasteiger partial charge in [-0.3, -0.25) is 5.84 Å². The Labute approximate surface area is 108 Å². The Kier molecular flexibility index (Phi) is 3.79. The summed E-state index contributed by atoms with van der Waals surface area (Å²) in [7, 11) is 0. The van der Waals surface area contributed by atoms with Crippen LogP contribution in [0.25, 0.3) is 0 Å². The van der Waals surface area contributed by atoms with Crippen molar-refractivity contribution in [2.45, 2.75) is 13.0 Å². The second-order valence-electron chi connectivity index (χ2n) is 3.71. The molecule has 1 aromatic carbocycles. The maximum absolute atomic E-state index is 13.9. The maximum Gasteiger partial charge on any atom is 0.146 e. The van der Waals surface area contributed by atoms with Gasteiger partial charge in [-0.25, -0.2) is 9.82 Å². The molecule has 0 aliphatic heterocycles. The van der Waals surface area contributed by atoms with Crippen molar-refractivity contribution in [3.8, 4) is 0 Å². The van der Waals surface area contributed by atoms with Crippen molar-refractivity contribution in [1.82, 2.24) is 5.43 Å². The van der Waals surface area contributed by atoms with Crippen LogP contribution in [0.5, 0.6) is 0 Å². The third-order valence-electron chi connectivity index (χ3n) is 2.62. The Balaban J connectivity index is 2.50. The van der Waals surface area contributed by atoms with Crippen LogP contribution in [0.1, 0.15) is 22.0 Å². The molecule has 90 valence electrons. The Morgan fingerprint density at radius 2 is 2.18 bits per heavy atom. The molecule has 2 rings (SSSR count). The Hall–Kier alpha value is -0.940. The molecule has 5 heteroatoms. The quantitative estimate of drug-likeness (QED) is 0.663. The molecule has 0 aliphatic carbocycles. The molecule has 1 heterocycles. The Bertz CT molecular complexity index is 527. The number of benzene rings is 1. The minimum absolute atomic E-state index is 0.108. The van der Waals surface area contributed by atoms with Crippen LogP contribution < -0.4 is 11.3 Å². The number of nitrogens with one attached hydrogen (secondary N) is 1. The van der Waals surface area contributed by atoms with Crippen LogP contribution in [0.3, 0.4) is 0 Å². The van der Waals surface area contributed by atoms with E-state index >= 15 is 0 Å². The number of rotatable bonds is 3. The van der Waals surface area contributed by atoms with Crippen LogP contribution in [0.4, 0.5) is 4.39 Å². The number of aryl methyl sites for hydroxylation is 1.